The van der Waals surface area contributed by atoms with Gasteiger partial charge in [-0.15, -0.1) is 0 Å². The molecule has 0 radical (unpaired) electrons. The Hall–Kier alpha value is -0.640. The molecule has 15 atom stereocenters. The number of hydrogen-bond donors (Lipinski definition) is 11. The van der Waals surface area contributed by atoms with Gasteiger partial charge in [0, 0.05) is 0 Å². The van der Waals surface area contributed by atoms with Gasteiger partial charge in [0.1, 0.15) is 73.2 Å². The zero-order valence-corrected chi connectivity index (χ0v) is 17.7. The van der Waals surface area contributed by atoms with Crippen molar-refractivity contribution in [2.24, 2.45) is 0 Å². The molecule has 16 heteroatoms. The first kappa shape index (κ1) is 27.9. The molecule has 3 rings (SSSR count). The lowest BCUT2D eigenvalue weighted by Crippen LogP contribution is -2.65. The van der Waals surface area contributed by atoms with E-state index in [0.29, 0.717) is 0 Å². The minimum absolute atomic E-state index is 0.741. The molecule has 16 nitrogen and oxygen atoms in total. The fourth-order valence-corrected chi connectivity index (χ4v) is 4.07. The molecule has 0 bridgehead atoms. The summed E-state index contributed by atoms with van der Waals surface area (Å²) in [6.07, 6.45) is -24.9. The number of hydrogen-bond acceptors (Lipinski definition) is 16. The molecular weight excluding hydrogens is 472 g/mol. The van der Waals surface area contributed by atoms with Gasteiger partial charge in [0.2, 0.25) is 0 Å². The highest BCUT2D eigenvalue weighted by Crippen LogP contribution is 2.32. The molecule has 0 aromatic rings. The van der Waals surface area contributed by atoms with E-state index in [0.717, 1.165) is 0 Å². The Labute approximate surface area is 192 Å². The van der Waals surface area contributed by atoms with E-state index >= 15 is 0 Å². The average molecular weight is 504 g/mol. The summed E-state index contributed by atoms with van der Waals surface area (Å²) < 4.78 is 26.4. The molecule has 3 saturated heterocycles. The van der Waals surface area contributed by atoms with Crippen molar-refractivity contribution in [1.82, 2.24) is 0 Å². The van der Waals surface area contributed by atoms with Gasteiger partial charge in [-0.3, -0.25) is 0 Å². The van der Waals surface area contributed by atoms with Gasteiger partial charge in [0.05, 0.1) is 19.8 Å². The maximum atomic E-state index is 10.6. The average Bonchev–Trinajstić information content (AvgIpc) is 3.11. The molecule has 200 valence electrons. The fraction of sp³-hybridized carbons (Fsp3) is 1.00. The van der Waals surface area contributed by atoms with Gasteiger partial charge in [-0.2, -0.15) is 0 Å². The second kappa shape index (κ2) is 11.6. The minimum Gasteiger partial charge on any atom is -0.394 e. The van der Waals surface area contributed by atoms with Crippen LogP contribution in [0.5, 0.6) is 0 Å². The van der Waals surface area contributed by atoms with Crippen molar-refractivity contribution in [3.05, 3.63) is 0 Å². The topological polar surface area (TPSA) is 269 Å². The molecule has 0 aromatic carbocycles. The quantitative estimate of drug-likeness (QED) is 0.146. The Bertz CT molecular complexity index is 637. The van der Waals surface area contributed by atoms with Crippen LogP contribution in [0.1, 0.15) is 0 Å². The van der Waals surface area contributed by atoms with E-state index in [1.165, 1.54) is 0 Å². The number of aliphatic hydroxyl groups excluding tert-OH is 11. The van der Waals surface area contributed by atoms with Crippen LogP contribution in [-0.4, -0.2) is 168 Å². The van der Waals surface area contributed by atoms with Crippen LogP contribution in [0, 0.1) is 0 Å². The van der Waals surface area contributed by atoms with Gasteiger partial charge in [-0.1, -0.05) is 0 Å². The van der Waals surface area contributed by atoms with Crippen molar-refractivity contribution in [1.29, 1.82) is 0 Å². The van der Waals surface area contributed by atoms with E-state index in [1.807, 2.05) is 0 Å². The largest absolute Gasteiger partial charge is 0.394 e. The molecule has 11 N–H and O–H groups in total. The van der Waals surface area contributed by atoms with Gasteiger partial charge in [-0.25, -0.2) is 0 Å². The summed E-state index contributed by atoms with van der Waals surface area (Å²) in [5, 5.41) is 109. The lowest BCUT2D eigenvalue weighted by Gasteiger charge is -2.46. The third kappa shape index (κ3) is 5.37. The molecule has 15 unspecified atom stereocenters. The van der Waals surface area contributed by atoms with Gasteiger partial charge >= 0.3 is 0 Å². The van der Waals surface area contributed by atoms with Crippen molar-refractivity contribution in [2.45, 2.75) is 92.1 Å². The third-order valence-corrected chi connectivity index (χ3v) is 6.07. The maximum Gasteiger partial charge on any atom is 0.187 e. The third-order valence-electron chi connectivity index (χ3n) is 6.07. The van der Waals surface area contributed by atoms with E-state index in [-0.39, 0.29) is 0 Å². The molecule has 0 spiro atoms. The standard InChI is InChI=1S/C18H32O16/c19-1-4(22)13-15(12(28)16(29)32-13)34-18-11(27)9(25)14(6(3-21)31-18)33-17-10(26)8(24)7(23)5(2-20)30-17/h4-29H,1-3H2. The highest BCUT2D eigenvalue weighted by Gasteiger charge is 2.54. The Kier molecular flexibility index (Phi) is 9.54. The van der Waals surface area contributed by atoms with Crippen molar-refractivity contribution in [3.63, 3.8) is 0 Å². The van der Waals surface area contributed by atoms with Crippen molar-refractivity contribution < 1.29 is 79.9 Å². The van der Waals surface area contributed by atoms with E-state index in [9.17, 15) is 51.1 Å². The van der Waals surface area contributed by atoms with E-state index in [4.69, 9.17) is 28.8 Å². The predicted octanol–water partition coefficient (Wildman–Crippen LogP) is -7.57. The van der Waals surface area contributed by atoms with E-state index in [2.05, 4.69) is 0 Å². The fourth-order valence-electron chi connectivity index (χ4n) is 4.07. The number of aliphatic hydroxyl groups is 11. The summed E-state index contributed by atoms with van der Waals surface area (Å²) >= 11 is 0. The van der Waals surface area contributed by atoms with E-state index < -0.39 is 112 Å². The minimum atomic E-state index is -1.91. The Morgan fingerprint density at radius 3 is 1.68 bits per heavy atom. The normalized spacial score (nSPS) is 50.9. The molecule has 34 heavy (non-hydrogen) atoms. The van der Waals surface area contributed by atoms with Crippen LogP contribution in [-0.2, 0) is 23.7 Å². The molecular formula is C18H32O16. The summed E-state index contributed by atoms with van der Waals surface area (Å²) in [5.74, 6) is 0. The first-order valence-corrected chi connectivity index (χ1v) is 10.6. The molecule has 3 aliphatic rings. The van der Waals surface area contributed by atoms with Crippen LogP contribution < -0.4 is 0 Å². The van der Waals surface area contributed by atoms with Crippen LogP contribution >= 0.6 is 0 Å². The zero-order chi connectivity index (χ0) is 25.3. The smallest absolute Gasteiger partial charge is 0.187 e. The summed E-state index contributed by atoms with van der Waals surface area (Å²) in [7, 11) is 0. The molecule has 3 heterocycles. The van der Waals surface area contributed by atoms with Crippen LogP contribution in [0.25, 0.3) is 0 Å². The summed E-state index contributed by atoms with van der Waals surface area (Å²) in [5.41, 5.74) is 0. The SMILES string of the molecule is OCC(O)C1OC(O)C(O)C1OC1OC(CO)C(OC2OC(CO)C(O)C(O)C2O)C(O)C1O. The summed E-state index contributed by atoms with van der Waals surface area (Å²) in [6.45, 7) is -2.37. The second-order valence-electron chi connectivity index (χ2n) is 8.34. The zero-order valence-electron chi connectivity index (χ0n) is 17.7. The van der Waals surface area contributed by atoms with Crippen molar-refractivity contribution in [3.8, 4) is 0 Å². The van der Waals surface area contributed by atoms with Gasteiger partial charge in [0.25, 0.3) is 0 Å². The predicted molar refractivity (Wildman–Crippen MR) is 101 cm³/mol. The van der Waals surface area contributed by atoms with E-state index in [1.54, 1.807) is 0 Å². The Morgan fingerprint density at radius 1 is 0.588 bits per heavy atom. The lowest BCUT2D eigenvalue weighted by atomic mass is 9.97. The van der Waals surface area contributed by atoms with Crippen LogP contribution in [0.15, 0.2) is 0 Å². The summed E-state index contributed by atoms with van der Waals surface area (Å²) in [6, 6.07) is 0. The van der Waals surface area contributed by atoms with Crippen LogP contribution in [0.4, 0.5) is 0 Å². The molecule has 0 aliphatic carbocycles. The number of ether oxygens (including phenoxy) is 5. The molecule has 3 fully saturated rings. The van der Waals surface area contributed by atoms with Crippen LogP contribution in [0.2, 0.25) is 0 Å². The Morgan fingerprint density at radius 2 is 1.12 bits per heavy atom. The second-order valence-corrected chi connectivity index (χ2v) is 8.34. The van der Waals surface area contributed by atoms with Gasteiger partial charge < -0.3 is 79.9 Å². The first-order valence-electron chi connectivity index (χ1n) is 10.6. The van der Waals surface area contributed by atoms with Gasteiger partial charge in [0.15, 0.2) is 18.9 Å². The van der Waals surface area contributed by atoms with Crippen molar-refractivity contribution >= 4 is 0 Å². The Balaban J connectivity index is 1.72. The lowest BCUT2D eigenvalue weighted by molar-refractivity contribution is -0.365. The maximum absolute atomic E-state index is 10.6. The van der Waals surface area contributed by atoms with Gasteiger partial charge in [-0.05, 0) is 0 Å². The highest BCUT2D eigenvalue weighted by molar-refractivity contribution is 4.96. The monoisotopic (exact) mass is 504 g/mol. The molecule has 3 aliphatic heterocycles. The first-order chi connectivity index (χ1) is 16.0. The molecule has 0 amide bonds. The van der Waals surface area contributed by atoms with Crippen LogP contribution in [0.3, 0.4) is 0 Å². The summed E-state index contributed by atoms with van der Waals surface area (Å²) in [4.78, 5) is 0. The highest BCUT2D eigenvalue weighted by atomic mass is 16.8. The molecule has 0 saturated carbocycles. The molecule has 0 aromatic heterocycles. The number of rotatable bonds is 8. The van der Waals surface area contributed by atoms with Crippen molar-refractivity contribution in [2.75, 3.05) is 19.8 Å².